The predicted octanol–water partition coefficient (Wildman–Crippen LogP) is 5.34. The van der Waals surface area contributed by atoms with Gasteiger partial charge < -0.3 is 9.84 Å². The van der Waals surface area contributed by atoms with Crippen LogP contribution in [0.3, 0.4) is 0 Å². The Morgan fingerprint density at radius 1 is 1.30 bits per heavy atom. The highest BCUT2D eigenvalue weighted by atomic mass is 32.1. The lowest BCUT2D eigenvalue weighted by Gasteiger charge is -2.26. The standard InChI is InChI=1S/C22H22N4O2S2/c1-3-9-26-10-8-14-18(12-26)30-22(24-20(27)16-11-13(2)25-28-16)19(14)21-23-15-6-4-5-7-17(15)29-21/h4-7,11H,3,8-10,12H2,1-2H3,(H,24,27). The highest BCUT2D eigenvalue weighted by molar-refractivity contribution is 7.22. The first-order chi connectivity index (χ1) is 14.6. The number of amides is 1. The Hall–Kier alpha value is -2.55. The van der Waals surface area contributed by atoms with Gasteiger partial charge in [0.25, 0.3) is 5.91 Å². The van der Waals surface area contributed by atoms with E-state index in [2.05, 4.69) is 28.4 Å². The number of carbonyl (C=O) groups excluding carboxylic acids is 1. The van der Waals surface area contributed by atoms with Gasteiger partial charge in [0.2, 0.25) is 5.76 Å². The molecule has 4 aromatic rings. The van der Waals surface area contributed by atoms with Crippen LogP contribution in [0.15, 0.2) is 34.9 Å². The molecule has 1 amide bonds. The molecule has 6 nitrogen and oxygen atoms in total. The van der Waals surface area contributed by atoms with Gasteiger partial charge in [0.1, 0.15) is 10.0 Å². The van der Waals surface area contributed by atoms with Crippen LogP contribution in [0, 0.1) is 6.92 Å². The van der Waals surface area contributed by atoms with Gasteiger partial charge in [-0.1, -0.05) is 24.2 Å². The summed E-state index contributed by atoms with van der Waals surface area (Å²) in [6.45, 7) is 7.06. The topological polar surface area (TPSA) is 71.3 Å². The normalized spacial score (nSPS) is 14.2. The van der Waals surface area contributed by atoms with Crippen LogP contribution in [0.25, 0.3) is 20.8 Å². The van der Waals surface area contributed by atoms with E-state index < -0.39 is 0 Å². The molecule has 0 bridgehead atoms. The van der Waals surface area contributed by atoms with E-state index in [9.17, 15) is 4.79 Å². The molecule has 0 saturated heterocycles. The van der Waals surface area contributed by atoms with Crippen LogP contribution >= 0.6 is 22.7 Å². The van der Waals surface area contributed by atoms with Gasteiger partial charge in [-0.3, -0.25) is 9.69 Å². The van der Waals surface area contributed by atoms with Crippen LogP contribution in [0.1, 0.15) is 40.0 Å². The number of aryl methyl sites for hydroxylation is 1. The van der Waals surface area contributed by atoms with Crippen LogP contribution in [-0.4, -0.2) is 34.0 Å². The fraction of sp³-hybridized carbons (Fsp3) is 0.318. The SMILES string of the molecule is CCCN1CCc2c(sc(NC(=O)c3cc(C)no3)c2-c2nc3ccccc3s2)C1. The van der Waals surface area contributed by atoms with Gasteiger partial charge in [-0.05, 0) is 44.0 Å². The van der Waals surface area contributed by atoms with Crippen LogP contribution in [0.4, 0.5) is 5.00 Å². The number of thiophene rings is 1. The zero-order chi connectivity index (χ0) is 20.7. The average Bonchev–Trinajstić information content (AvgIpc) is 3.43. The molecule has 0 radical (unpaired) electrons. The van der Waals surface area contributed by atoms with Crippen molar-refractivity contribution in [3.63, 3.8) is 0 Å². The molecule has 0 fully saturated rings. The lowest BCUT2D eigenvalue weighted by Crippen LogP contribution is -2.30. The van der Waals surface area contributed by atoms with E-state index in [0.717, 1.165) is 58.3 Å². The fourth-order valence-electron chi connectivity index (χ4n) is 3.89. The highest BCUT2D eigenvalue weighted by Gasteiger charge is 2.28. The molecule has 154 valence electrons. The van der Waals surface area contributed by atoms with Gasteiger partial charge in [-0.15, -0.1) is 22.7 Å². The minimum Gasteiger partial charge on any atom is -0.351 e. The summed E-state index contributed by atoms with van der Waals surface area (Å²) in [6, 6.07) is 9.82. The van der Waals surface area contributed by atoms with Crippen LogP contribution in [0.2, 0.25) is 0 Å². The second kappa shape index (κ2) is 7.94. The van der Waals surface area contributed by atoms with E-state index in [1.165, 1.54) is 10.4 Å². The van der Waals surface area contributed by atoms with E-state index in [0.29, 0.717) is 5.69 Å². The first kappa shape index (κ1) is 19.4. The molecule has 3 aromatic heterocycles. The molecule has 1 aliphatic rings. The predicted molar refractivity (Wildman–Crippen MR) is 121 cm³/mol. The number of fused-ring (bicyclic) bond motifs is 2. The van der Waals surface area contributed by atoms with Gasteiger partial charge in [0, 0.05) is 29.6 Å². The Bertz CT molecular complexity index is 1190. The molecule has 30 heavy (non-hydrogen) atoms. The molecular formula is C22H22N4O2S2. The summed E-state index contributed by atoms with van der Waals surface area (Å²) in [5.74, 6) is -0.0521. The summed E-state index contributed by atoms with van der Waals surface area (Å²) in [6.07, 6.45) is 2.11. The Labute approximate surface area is 182 Å². The van der Waals surface area contributed by atoms with E-state index >= 15 is 0 Å². The van der Waals surface area contributed by atoms with Crippen LogP contribution in [-0.2, 0) is 13.0 Å². The fourth-order valence-corrected chi connectivity index (χ4v) is 6.29. The quantitative estimate of drug-likeness (QED) is 0.455. The number of hydrogen-bond donors (Lipinski definition) is 1. The zero-order valence-corrected chi connectivity index (χ0v) is 18.5. The number of rotatable bonds is 5. The number of aromatic nitrogens is 2. The van der Waals surface area contributed by atoms with Gasteiger partial charge in [-0.2, -0.15) is 0 Å². The molecule has 0 atom stereocenters. The molecule has 1 aliphatic heterocycles. The third kappa shape index (κ3) is 3.55. The molecule has 0 saturated carbocycles. The van der Waals surface area contributed by atoms with Crippen molar-refractivity contribution in [1.29, 1.82) is 0 Å². The molecule has 8 heteroatoms. The number of hydrogen-bond acceptors (Lipinski definition) is 7. The Balaban J connectivity index is 1.57. The molecule has 4 heterocycles. The maximum atomic E-state index is 12.8. The van der Waals surface area contributed by atoms with Crippen LogP contribution in [0.5, 0.6) is 0 Å². The lowest BCUT2D eigenvalue weighted by molar-refractivity contribution is 0.0988. The summed E-state index contributed by atoms with van der Waals surface area (Å²) in [5.41, 5.74) is 4.06. The number of benzene rings is 1. The number of nitrogens with zero attached hydrogens (tertiary/aromatic N) is 3. The summed E-state index contributed by atoms with van der Waals surface area (Å²) >= 11 is 3.33. The van der Waals surface area contributed by atoms with E-state index in [1.54, 1.807) is 35.7 Å². The van der Waals surface area contributed by atoms with E-state index in [4.69, 9.17) is 9.51 Å². The van der Waals surface area contributed by atoms with Gasteiger partial charge in [-0.25, -0.2) is 4.98 Å². The number of para-hydroxylation sites is 1. The number of nitrogens with one attached hydrogen (secondary N) is 1. The first-order valence-corrected chi connectivity index (χ1v) is 11.7. The molecular weight excluding hydrogens is 416 g/mol. The summed E-state index contributed by atoms with van der Waals surface area (Å²) in [5, 5.41) is 8.72. The van der Waals surface area contributed by atoms with Crippen molar-refractivity contribution >= 4 is 43.8 Å². The highest BCUT2D eigenvalue weighted by Crippen LogP contribution is 2.45. The van der Waals surface area contributed by atoms with Crippen molar-refractivity contribution < 1.29 is 9.32 Å². The smallest absolute Gasteiger partial charge is 0.294 e. The Morgan fingerprint density at radius 3 is 2.93 bits per heavy atom. The Kier molecular flexibility index (Phi) is 5.14. The minimum absolute atomic E-state index is 0.224. The number of carbonyl (C=O) groups is 1. The molecule has 1 N–H and O–H groups in total. The van der Waals surface area contributed by atoms with Crippen molar-refractivity contribution in [2.45, 2.75) is 33.2 Å². The second-order valence-corrected chi connectivity index (χ2v) is 9.64. The first-order valence-electron chi connectivity index (χ1n) is 10.1. The monoisotopic (exact) mass is 438 g/mol. The minimum atomic E-state index is -0.276. The van der Waals surface area contributed by atoms with E-state index in [1.807, 2.05) is 18.2 Å². The summed E-state index contributed by atoms with van der Waals surface area (Å²) < 4.78 is 6.32. The number of anilines is 1. The average molecular weight is 439 g/mol. The third-order valence-electron chi connectivity index (χ3n) is 5.26. The van der Waals surface area contributed by atoms with Gasteiger partial charge in [0.05, 0.1) is 15.9 Å². The van der Waals surface area contributed by atoms with Gasteiger partial charge in [0.15, 0.2) is 0 Å². The molecule has 0 unspecified atom stereocenters. The van der Waals surface area contributed by atoms with E-state index in [-0.39, 0.29) is 11.7 Å². The van der Waals surface area contributed by atoms with Crippen molar-refractivity contribution in [2.24, 2.45) is 0 Å². The maximum absolute atomic E-state index is 12.8. The molecule has 0 aliphatic carbocycles. The molecule has 5 rings (SSSR count). The lowest BCUT2D eigenvalue weighted by atomic mass is 10.0. The summed E-state index contributed by atoms with van der Waals surface area (Å²) in [7, 11) is 0. The Morgan fingerprint density at radius 2 is 2.17 bits per heavy atom. The van der Waals surface area contributed by atoms with Crippen molar-refractivity contribution in [2.75, 3.05) is 18.4 Å². The maximum Gasteiger partial charge on any atom is 0.294 e. The zero-order valence-electron chi connectivity index (χ0n) is 16.9. The molecule has 0 spiro atoms. The van der Waals surface area contributed by atoms with Crippen molar-refractivity contribution in [3.05, 3.63) is 52.2 Å². The summed E-state index contributed by atoms with van der Waals surface area (Å²) in [4.78, 5) is 21.5. The largest absolute Gasteiger partial charge is 0.351 e. The van der Waals surface area contributed by atoms with Crippen molar-refractivity contribution in [3.8, 4) is 10.6 Å². The van der Waals surface area contributed by atoms with Crippen LogP contribution < -0.4 is 5.32 Å². The number of thiazole rings is 1. The van der Waals surface area contributed by atoms with Gasteiger partial charge >= 0.3 is 0 Å². The van der Waals surface area contributed by atoms with Crippen molar-refractivity contribution in [1.82, 2.24) is 15.0 Å². The molecule has 1 aromatic carbocycles. The second-order valence-electron chi connectivity index (χ2n) is 7.51. The third-order valence-corrected chi connectivity index (χ3v) is 7.45.